The molecule has 1 N–H and O–H groups in total. The van der Waals surface area contributed by atoms with E-state index in [4.69, 9.17) is 9.47 Å². The number of hydrogen-bond donors (Lipinski definition) is 1. The molecule has 0 unspecified atom stereocenters. The van der Waals surface area contributed by atoms with Crippen LogP contribution in [0, 0.1) is 5.82 Å². The number of rotatable bonds is 7. The molecule has 0 aromatic heterocycles. The van der Waals surface area contributed by atoms with Gasteiger partial charge in [-0.05, 0) is 49.2 Å². The van der Waals surface area contributed by atoms with Crippen LogP contribution in [-0.2, 0) is 9.53 Å². The number of halogens is 1. The van der Waals surface area contributed by atoms with E-state index in [1.165, 1.54) is 30.1 Å². The highest BCUT2D eigenvalue weighted by Gasteiger charge is 2.18. The van der Waals surface area contributed by atoms with Crippen molar-refractivity contribution in [3.8, 4) is 5.75 Å². The van der Waals surface area contributed by atoms with Crippen molar-refractivity contribution >= 4 is 17.5 Å². The SMILES string of the molecule is CN(CC(=O)Nc1cccc(F)c1)C(=O)c1cccc(OC[C@H]2CCCO2)c1. The average molecular weight is 386 g/mol. The largest absolute Gasteiger partial charge is 0.491 e. The van der Waals surface area contributed by atoms with Crippen LogP contribution in [0.2, 0.25) is 0 Å². The van der Waals surface area contributed by atoms with Crippen molar-refractivity contribution in [2.24, 2.45) is 0 Å². The van der Waals surface area contributed by atoms with E-state index >= 15 is 0 Å². The molecule has 0 aliphatic carbocycles. The highest BCUT2D eigenvalue weighted by molar-refractivity contribution is 5.99. The van der Waals surface area contributed by atoms with E-state index < -0.39 is 11.7 Å². The highest BCUT2D eigenvalue weighted by Crippen LogP contribution is 2.18. The molecule has 148 valence electrons. The number of benzene rings is 2. The van der Waals surface area contributed by atoms with Crippen LogP contribution in [0.25, 0.3) is 0 Å². The number of amides is 2. The molecule has 0 saturated carbocycles. The molecule has 1 aliphatic rings. The topological polar surface area (TPSA) is 67.9 Å². The Hall–Kier alpha value is -2.93. The third-order valence-electron chi connectivity index (χ3n) is 4.38. The number of nitrogens with one attached hydrogen (secondary N) is 1. The van der Waals surface area contributed by atoms with Crippen LogP contribution < -0.4 is 10.1 Å². The van der Waals surface area contributed by atoms with Gasteiger partial charge in [-0.25, -0.2) is 4.39 Å². The van der Waals surface area contributed by atoms with Crippen LogP contribution in [0.15, 0.2) is 48.5 Å². The lowest BCUT2D eigenvalue weighted by Gasteiger charge is -2.18. The maximum absolute atomic E-state index is 13.2. The molecule has 7 heteroatoms. The van der Waals surface area contributed by atoms with Crippen LogP contribution in [0.3, 0.4) is 0 Å². The second-order valence-corrected chi connectivity index (χ2v) is 6.69. The Bertz CT molecular complexity index is 837. The zero-order chi connectivity index (χ0) is 19.9. The van der Waals surface area contributed by atoms with Gasteiger partial charge in [0.2, 0.25) is 5.91 Å². The van der Waals surface area contributed by atoms with Crippen molar-refractivity contribution < 1.29 is 23.5 Å². The van der Waals surface area contributed by atoms with Crippen molar-refractivity contribution in [3.05, 3.63) is 59.9 Å². The summed E-state index contributed by atoms with van der Waals surface area (Å²) in [6.45, 7) is 1.05. The number of nitrogens with zero attached hydrogens (tertiary/aromatic N) is 1. The molecule has 2 aromatic rings. The molecule has 6 nitrogen and oxygen atoms in total. The first-order valence-electron chi connectivity index (χ1n) is 9.16. The van der Waals surface area contributed by atoms with Gasteiger partial charge >= 0.3 is 0 Å². The second-order valence-electron chi connectivity index (χ2n) is 6.69. The quantitative estimate of drug-likeness (QED) is 0.794. The number of likely N-dealkylation sites (N-methyl/N-ethyl adjacent to an activating group) is 1. The molecule has 1 saturated heterocycles. The fraction of sp³-hybridized carbons (Fsp3) is 0.333. The lowest BCUT2D eigenvalue weighted by atomic mass is 10.2. The third kappa shape index (κ3) is 5.53. The van der Waals surface area contributed by atoms with Gasteiger partial charge in [0.1, 0.15) is 18.2 Å². The summed E-state index contributed by atoms with van der Waals surface area (Å²) in [5.41, 5.74) is 0.765. The summed E-state index contributed by atoms with van der Waals surface area (Å²) in [7, 11) is 1.54. The van der Waals surface area contributed by atoms with Gasteiger partial charge in [0, 0.05) is 24.9 Å². The van der Waals surface area contributed by atoms with E-state index in [0.29, 0.717) is 23.6 Å². The Kier molecular flexibility index (Phi) is 6.60. The Labute approximate surface area is 163 Å². The lowest BCUT2D eigenvalue weighted by Crippen LogP contribution is -2.34. The smallest absolute Gasteiger partial charge is 0.254 e. The molecular formula is C21H23FN2O4. The predicted molar refractivity (Wildman–Crippen MR) is 103 cm³/mol. The van der Waals surface area contributed by atoms with Gasteiger partial charge in [-0.3, -0.25) is 9.59 Å². The van der Waals surface area contributed by atoms with Crippen molar-refractivity contribution in [1.82, 2.24) is 4.90 Å². The first-order valence-corrected chi connectivity index (χ1v) is 9.16. The van der Waals surface area contributed by atoms with Gasteiger partial charge < -0.3 is 19.7 Å². The predicted octanol–water partition coefficient (Wildman–Crippen LogP) is 3.09. The zero-order valence-electron chi connectivity index (χ0n) is 15.7. The molecule has 28 heavy (non-hydrogen) atoms. The van der Waals surface area contributed by atoms with Crippen molar-refractivity contribution in [3.63, 3.8) is 0 Å². The molecule has 0 radical (unpaired) electrons. The van der Waals surface area contributed by atoms with Gasteiger partial charge in [-0.15, -0.1) is 0 Å². The molecule has 1 fully saturated rings. The molecule has 2 aromatic carbocycles. The van der Waals surface area contributed by atoms with Gasteiger partial charge in [0.05, 0.1) is 12.6 Å². The van der Waals surface area contributed by atoms with E-state index in [2.05, 4.69) is 5.32 Å². The van der Waals surface area contributed by atoms with Crippen LogP contribution in [0.1, 0.15) is 23.2 Å². The summed E-state index contributed by atoms with van der Waals surface area (Å²) >= 11 is 0. The molecule has 3 rings (SSSR count). The zero-order valence-corrected chi connectivity index (χ0v) is 15.7. The van der Waals surface area contributed by atoms with Gasteiger partial charge in [0.25, 0.3) is 5.91 Å². The van der Waals surface area contributed by atoms with E-state index in [9.17, 15) is 14.0 Å². The second kappa shape index (κ2) is 9.32. The van der Waals surface area contributed by atoms with E-state index in [1.807, 2.05) is 0 Å². The summed E-state index contributed by atoms with van der Waals surface area (Å²) in [6, 6.07) is 12.4. The van der Waals surface area contributed by atoms with E-state index in [1.54, 1.807) is 30.3 Å². The summed E-state index contributed by atoms with van der Waals surface area (Å²) in [5, 5.41) is 2.57. The Balaban J connectivity index is 1.54. The minimum atomic E-state index is -0.443. The van der Waals surface area contributed by atoms with Gasteiger partial charge in [-0.2, -0.15) is 0 Å². The average Bonchev–Trinajstić information content (AvgIpc) is 3.19. The van der Waals surface area contributed by atoms with Crippen molar-refractivity contribution in [2.75, 3.05) is 32.1 Å². The van der Waals surface area contributed by atoms with Gasteiger partial charge in [-0.1, -0.05) is 12.1 Å². The monoisotopic (exact) mass is 386 g/mol. The minimum absolute atomic E-state index is 0.0913. The molecule has 1 atom stereocenters. The summed E-state index contributed by atoms with van der Waals surface area (Å²) in [6.07, 6.45) is 2.10. The highest BCUT2D eigenvalue weighted by atomic mass is 19.1. The van der Waals surface area contributed by atoms with Crippen molar-refractivity contribution in [2.45, 2.75) is 18.9 Å². The van der Waals surface area contributed by atoms with Crippen LogP contribution in [0.5, 0.6) is 5.75 Å². The first kappa shape index (κ1) is 19.8. The molecule has 1 aliphatic heterocycles. The molecule has 0 spiro atoms. The van der Waals surface area contributed by atoms with Crippen LogP contribution in [-0.4, -0.2) is 49.6 Å². The third-order valence-corrected chi connectivity index (χ3v) is 4.38. The van der Waals surface area contributed by atoms with Gasteiger partial charge in [0.15, 0.2) is 0 Å². The lowest BCUT2D eigenvalue weighted by molar-refractivity contribution is -0.116. The minimum Gasteiger partial charge on any atom is -0.491 e. The Morgan fingerprint density at radius 2 is 2.07 bits per heavy atom. The number of anilines is 1. The maximum Gasteiger partial charge on any atom is 0.254 e. The molecule has 0 bridgehead atoms. The summed E-state index contributed by atoms with van der Waals surface area (Å²) in [4.78, 5) is 26.0. The molecule has 2 amide bonds. The standard InChI is InChI=1S/C21H23FN2O4/c1-24(13-20(25)23-17-7-3-6-16(22)12-17)21(26)15-5-2-8-18(11-15)28-14-19-9-4-10-27-19/h2-3,5-8,11-12,19H,4,9-10,13-14H2,1H3,(H,23,25)/t19-/m1/s1. The summed E-state index contributed by atoms with van der Waals surface area (Å²) in [5.74, 6) is -0.579. The van der Waals surface area contributed by atoms with Crippen LogP contribution >= 0.6 is 0 Å². The Morgan fingerprint density at radius 3 is 2.82 bits per heavy atom. The van der Waals surface area contributed by atoms with E-state index in [-0.39, 0.29) is 18.6 Å². The van der Waals surface area contributed by atoms with Crippen molar-refractivity contribution in [1.29, 1.82) is 0 Å². The van der Waals surface area contributed by atoms with E-state index in [0.717, 1.165) is 19.4 Å². The maximum atomic E-state index is 13.2. The first-order chi connectivity index (χ1) is 13.5. The number of hydrogen-bond acceptors (Lipinski definition) is 4. The number of carbonyl (C=O) groups excluding carboxylic acids is 2. The normalized spacial score (nSPS) is 15.9. The number of carbonyl (C=O) groups is 2. The molecular weight excluding hydrogens is 363 g/mol. The fourth-order valence-electron chi connectivity index (χ4n) is 2.96. The Morgan fingerprint density at radius 1 is 1.25 bits per heavy atom. The van der Waals surface area contributed by atoms with Crippen LogP contribution in [0.4, 0.5) is 10.1 Å². The fourth-order valence-corrected chi connectivity index (χ4v) is 2.96. The number of ether oxygens (including phenoxy) is 2. The molecule has 1 heterocycles. The summed E-state index contributed by atoms with van der Waals surface area (Å²) < 4.78 is 24.4.